The highest BCUT2D eigenvalue weighted by atomic mass is 79.9. The Morgan fingerprint density at radius 2 is 2.16 bits per heavy atom. The summed E-state index contributed by atoms with van der Waals surface area (Å²) in [5, 5.41) is 4.00. The molecule has 0 bridgehead atoms. The lowest BCUT2D eigenvalue weighted by Gasteiger charge is -2.11. The molecule has 1 atom stereocenters. The van der Waals surface area contributed by atoms with Crippen molar-refractivity contribution in [3.05, 3.63) is 46.0 Å². The second-order valence-corrected chi connectivity index (χ2v) is 5.94. The van der Waals surface area contributed by atoms with Crippen LogP contribution in [-0.4, -0.2) is 16.2 Å². The van der Waals surface area contributed by atoms with E-state index in [2.05, 4.69) is 46.0 Å². The van der Waals surface area contributed by atoms with Gasteiger partial charge in [-0.3, -0.25) is 0 Å². The zero-order valence-corrected chi connectivity index (χ0v) is 12.7. The summed E-state index contributed by atoms with van der Waals surface area (Å²) in [6.45, 7) is 4.17. The molecule has 1 aromatic heterocycles. The maximum absolute atomic E-state index is 6.00. The van der Waals surface area contributed by atoms with Gasteiger partial charge in [0.05, 0.1) is 0 Å². The zero-order valence-electron chi connectivity index (χ0n) is 11.1. The van der Waals surface area contributed by atoms with Crippen LogP contribution in [0.5, 0.6) is 0 Å². The van der Waals surface area contributed by atoms with Crippen molar-refractivity contribution < 1.29 is 4.52 Å². The monoisotopic (exact) mass is 323 g/mol. The first-order chi connectivity index (χ1) is 9.04. The third-order valence-corrected chi connectivity index (χ3v) is 3.52. The van der Waals surface area contributed by atoms with E-state index in [9.17, 15) is 0 Å². The molecule has 0 aliphatic heterocycles. The van der Waals surface area contributed by atoms with Crippen molar-refractivity contribution in [2.75, 3.05) is 0 Å². The average molecular weight is 324 g/mol. The van der Waals surface area contributed by atoms with Gasteiger partial charge < -0.3 is 10.3 Å². The molecule has 1 aromatic carbocycles. The van der Waals surface area contributed by atoms with Gasteiger partial charge in [-0.25, -0.2) is 0 Å². The molecule has 4 nitrogen and oxygen atoms in total. The molecule has 2 N–H and O–H groups in total. The standard InChI is InChI=1S/C14H18BrN3O/c1-9(2)12(16)8-14-17-13(18-19-14)7-10-4-3-5-11(15)6-10/h3-6,9,12H,7-8,16H2,1-2H3. The van der Waals surface area contributed by atoms with Crippen LogP contribution in [0.4, 0.5) is 0 Å². The van der Waals surface area contributed by atoms with E-state index in [0.717, 1.165) is 10.0 Å². The summed E-state index contributed by atoms with van der Waals surface area (Å²) in [6, 6.07) is 8.14. The van der Waals surface area contributed by atoms with Crippen molar-refractivity contribution in [3.63, 3.8) is 0 Å². The molecule has 0 amide bonds. The summed E-state index contributed by atoms with van der Waals surface area (Å²) in [7, 11) is 0. The van der Waals surface area contributed by atoms with Gasteiger partial charge in [-0.1, -0.05) is 47.1 Å². The Morgan fingerprint density at radius 1 is 1.37 bits per heavy atom. The third-order valence-electron chi connectivity index (χ3n) is 3.03. The number of hydrogen-bond acceptors (Lipinski definition) is 4. The van der Waals surface area contributed by atoms with Crippen LogP contribution in [0.2, 0.25) is 0 Å². The first-order valence-electron chi connectivity index (χ1n) is 6.36. The summed E-state index contributed by atoms with van der Waals surface area (Å²) in [6.07, 6.45) is 1.29. The Labute approximate surface area is 121 Å². The molecule has 19 heavy (non-hydrogen) atoms. The topological polar surface area (TPSA) is 64.9 Å². The van der Waals surface area contributed by atoms with Crippen molar-refractivity contribution in [1.82, 2.24) is 10.1 Å². The fourth-order valence-corrected chi connectivity index (χ4v) is 2.16. The van der Waals surface area contributed by atoms with Gasteiger partial charge in [-0.15, -0.1) is 0 Å². The number of rotatable bonds is 5. The van der Waals surface area contributed by atoms with Crippen LogP contribution in [0.15, 0.2) is 33.3 Å². The molecule has 2 aromatic rings. The van der Waals surface area contributed by atoms with Gasteiger partial charge in [0.25, 0.3) is 0 Å². The first-order valence-corrected chi connectivity index (χ1v) is 7.15. The maximum Gasteiger partial charge on any atom is 0.228 e. The van der Waals surface area contributed by atoms with Gasteiger partial charge >= 0.3 is 0 Å². The lowest BCUT2D eigenvalue weighted by Crippen LogP contribution is -2.28. The normalized spacial score (nSPS) is 12.9. The number of hydrogen-bond donors (Lipinski definition) is 1. The minimum atomic E-state index is 0.0548. The van der Waals surface area contributed by atoms with E-state index < -0.39 is 0 Å². The molecule has 1 heterocycles. The van der Waals surface area contributed by atoms with Crippen molar-refractivity contribution >= 4 is 15.9 Å². The number of halogens is 1. The van der Waals surface area contributed by atoms with Gasteiger partial charge in [-0.05, 0) is 23.6 Å². The van der Waals surface area contributed by atoms with Crippen LogP contribution in [0.3, 0.4) is 0 Å². The molecule has 5 heteroatoms. The Morgan fingerprint density at radius 3 is 2.84 bits per heavy atom. The van der Waals surface area contributed by atoms with Crippen molar-refractivity contribution in [2.24, 2.45) is 11.7 Å². The van der Waals surface area contributed by atoms with Gasteiger partial charge in [0.2, 0.25) is 5.89 Å². The third kappa shape index (κ3) is 4.14. The van der Waals surface area contributed by atoms with E-state index in [-0.39, 0.29) is 6.04 Å². The predicted molar refractivity (Wildman–Crippen MR) is 77.8 cm³/mol. The van der Waals surface area contributed by atoms with Crippen LogP contribution in [0.25, 0.3) is 0 Å². The van der Waals surface area contributed by atoms with E-state index in [0.29, 0.717) is 30.5 Å². The molecule has 0 fully saturated rings. The second kappa shape index (κ2) is 6.30. The van der Waals surface area contributed by atoms with Crippen LogP contribution in [-0.2, 0) is 12.8 Å². The van der Waals surface area contributed by atoms with Crippen molar-refractivity contribution in [3.8, 4) is 0 Å². The Balaban J connectivity index is 2.01. The fourth-order valence-electron chi connectivity index (χ4n) is 1.71. The average Bonchev–Trinajstić information content (AvgIpc) is 2.76. The molecular weight excluding hydrogens is 306 g/mol. The minimum Gasteiger partial charge on any atom is -0.339 e. The molecule has 102 valence electrons. The fraction of sp³-hybridized carbons (Fsp3) is 0.429. The van der Waals surface area contributed by atoms with Crippen LogP contribution in [0.1, 0.15) is 31.1 Å². The molecular formula is C14H18BrN3O. The van der Waals surface area contributed by atoms with Gasteiger partial charge in [0.15, 0.2) is 5.82 Å². The van der Waals surface area contributed by atoms with Gasteiger partial charge in [-0.2, -0.15) is 4.98 Å². The minimum absolute atomic E-state index is 0.0548. The number of nitrogens with two attached hydrogens (primary N) is 1. The summed E-state index contributed by atoms with van der Waals surface area (Å²) in [5.41, 5.74) is 7.14. The van der Waals surface area contributed by atoms with Gasteiger partial charge in [0, 0.05) is 23.4 Å². The van der Waals surface area contributed by atoms with Crippen LogP contribution in [0, 0.1) is 5.92 Å². The molecule has 0 aliphatic carbocycles. The quantitative estimate of drug-likeness (QED) is 0.918. The molecule has 0 saturated carbocycles. The number of nitrogens with zero attached hydrogens (tertiary/aromatic N) is 2. The lowest BCUT2D eigenvalue weighted by atomic mass is 10.0. The van der Waals surface area contributed by atoms with E-state index >= 15 is 0 Å². The first kappa shape index (κ1) is 14.2. The Bertz CT molecular complexity index is 539. The summed E-state index contributed by atoms with van der Waals surface area (Å²) in [5.74, 6) is 1.72. The van der Waals surface area contributed by atoms with E-state index in [4.69, 9.17) is 10.3 Å². The molecule has 2 rings (SSSR count). The number of aromatic nitrogens is 2. The van der Waals surface area contributed by atoms with Crippen LogP contribution >= 0.6 is 15.9 Å². The second-order valence-electron chi connectivity index (χ2n) is 5.02. The molecule has 0 spiro atoms. The van der Waals surface area contributed by atoms with Crippen molar-refractivity contribution in [1.29, 1.82) is 0 Å². The molecule has 0 aliphatic rings. The molecule has 0 radical (unpaired) electrons. The van der Waals surface area contributed by atoms with E-state index in [1.54, 1.807) is 0 Å². The molecule has 1 unspecified atom stereocenters. The zero-order chi connectivity index (χ0) is 13.8. The summed E-state index contributed by atoms with van der Waals surface area (Å²) >= 11 is 3.45. The molecule has 0 saturated heterocycles. The lowest BCUT2D eigenvalue weighted by molar-refractivity contribution is 0.350. The largest absolute Gasteiger partial charge is 0.339 e. The van der Waals surface area contributed by atoms with Crippen molar-refractivity contribution in [2.45, 2.75) is 32.7 Å². The highest BCUT2D eigenvalue weighted by molar-refractivity contribution is 9.10. The Kier molecular flexibility index (Phi) is 4.71. The van der Waals surface area contributed by atoms with E-state index in [1.165, 1.54) is 0 Å². The smallest absolute Gasteiger partial charge is 0.228 e. The summed E-state index contributed by atoms with van der Waals surface area (Å²) in [4.78, 5) is 4.38. The number of benzene rings is 1. The van der Waals surface area contributed by atoms with E-state index in [1.807, 2.05) is 18.2 Å². The highest BCUT2D eigenvalue weighted by Crippen LogP contribution is 2.14. The SMILES string of the molecule is CC(C)C(N)Cc1nc(Cc2cccc(Br)c2)no1. The maximum atomic E-state index is 6.00. The Hall–Kier alpha value is -1.20. The predicted octanol–water partition coefficient (Wildman–Crippen LogP) is 2.95. The highest BCUT2D eigenvalue weighted by Gasteiger charge is 2.14. The van der Waals surface area contributed by atoms with Crippen LogP contribution < -0.4 is 5.73 Å². The van der Waals surface area contributed by atoms with Gasteiger partial charge in [0.1, 0.15) is 0 Å². The summed E-state index contributed by atoms with van der Waals surface area (Å²) < 4.78 is 6.29.